The number of carbonyl (C=O) groups is 1. The molecule has 0 radical (unpaired) electrons. The third-order valence-electron chi connectivity index (χ3n) is 3.68. The molecular weight excluding hydrogens is 461 g/mol. The number of nitrogens with two attached hydrogens (primary N) is 1. The van der Waals surface area contributed by atoms with E-state index >= 15 is 0 Å². The molecule has 0 unspecified atom stereocenters. The topological polar surface area (TPSA) is 121 Å². The first kappa shape index (κ1) is 23.7. The molecule has 0 aliphatic rings. The second kappa shape index (κ2) is 9.06. The average molecular weight is 477 g/mol. The van der Waals surface area contributed by atoms with Crippen LogP contribution >= 0.6 is 23.1 Å². The Morgan fingerprint density at radius 2 is 1.70 bits per heavy atom. The summed E-state index contributed by atoms with van der Waals surface area (Å²) < 4.78 is 58.3. The van der Waals surface area contributed by atoms with E-state index in [1.165, 1.54) is 29.2 Å². The summed E-state index contributed by atoms with van der Waals surface area (Å²) in [6, 6.07) is 14.2. The molecule has 1 aromatic heterocycles. The number of alkyl halides is 3. The van der Waals surface area contributed by atoms with Crippen LogP contribution in [-0.2, 0) is 14.6 Å². The number of halogens is 3. The van der Waals surface area contributed by atoms with E-state index in [0.29, 0.717) is 9.09 Å². The Labute approximate surface area is 178 Å². The van der Waals surface area contributed by atoms with Gasteiger partial charge in [0, 0.05) is 0 Å². The standard InChI is InChI=1S/C16H14N2O2S3.C2HF3O2/c1-21-16-14(9-13(22-16)15(17)18)23(19,20)12-7-6-10-4-2-3-5-11(10)8-12;3-2(4,5)1(6)7/h2-9H,1H3,(H3,17,18);(H,6,7). The number of sulfone groups is 1. The fraction of sp³-hybridized carbons (Fsp3) is 0.111. The van der Waals surface area contributed by atoms with Gasteiger partial charge in [-0.3, -0.25) is 5.41 Å². The third kappa shape index (κ3) is 5.32. The zero-order chi connectivity index (χ0) is 22.7. The molecule has 2 aromatic carbocycles. The van der Waals surface area contributed by atoms with Crippen LogP contribution in [0.25, 0.3) is 10.8 Å². The molecule has 4 N–H and O–H groups in total. The molecule has 0 saturated heterocycles. The number of benzene rings is 2. The monoisotopic (exact) mass is 476 g/mol. The normalized spacial score (nSPS) is 11.6. The molecule has 0 fully saturated rings. The second-order valence-corrected chi connectivity index (χ2v) is 9.74. The quantitative estimate of drug-likeness (QED) is 0.292. The van der Waals surface area contributed by atoms with Gasteiger partial charge >= 0.3 is 12.1 Å². The smallest absolute Gasteiger partial charge is 0.475 e. The molecule has 3 rings (SSSR count). The Hall–Kier alpha value is -2.57. The molecule has 160 valence electrons. The van der Waals surface area contributed by atoms with Crippen molar-refractivity contribution in [3.63, 3.8) is 0 Å². The molecule has 0 atom stereocenters. The van der Waals surface area contributed by atoms with Crippen molar-refractivity contribution in [3.8, 4) is 0 Å². The highest BCUT2D eigenvalue weighted by molar-refractivity contribution is 8.01. The number of amidine groups is 1. The maximum Gasteiger partial charge on any atom is 0.490 e. The van der Waals surface area contributed by atoms with Gasteiger partial charge in [0.1, 0.15) is 5.84 Å². The lowest BCUT2D eigenvalue weighted by Gasteiger charge is -2.06. The number of hydrogen-bond acceptors (Lipinski definition) is 6. The van der Waals surface area contributed by atoms with Gasteiger partial charge in [-0.25, -0.2) is 13.2 Å². The summed E-state index contributed by atoms with van der Waals surface area (Å²) >= 11 is 2.57. The molecule has 0 aliphatic heterocycles. The highest BCUT2D eigenvalue weighted by Gasteiger charge is 2.38. The van der Waals surface area contributed by atoms with Gasteiger partial charge in [-0.2, -0.15) is 13.2 Å². The molecule has 1 heterocycles. The van der Waals surface area contributed by atoms with Gasteiger partial charge in [0.15, 0.2) is 0 Å². The lowest BCUT2D eigenvalue weighted by molar-refractivity contribution is -0.192. The van der Waals surface area contributed by atoms with E-state index in [0.717, 1.165) is 10.8 Å². The number of thioether (sulfide) groups is 1. The van der Waals surface area contributed by atoms with Crippen LogP contribution in [0.3, 0.4) is 0 Å². The Morgan fingerprint density at radius 3 is 2.20 bits per heavy atom. The molecule has 0 amide bonds. The predicted octanol–water partition coefficient (Wildman–Crippen LogP) is 4.37. The first-order chi connectivity index (χ1) is 13.9. The third-order valence-corrected chi connectivity index (χ3v) is 8.02. The molecule has 0 spiro atoms. The fourth-order valence-electron chi connectivity index (χ4n) is 2.28. The number of thiophene rings is 1. The summed E-state index contributed by atoms with van der Waals surface area (Å²) in [6.07, 6.45) is -3.27. The van der Waals surface area contributed by atoms with E-state index in [1.54, 1.807) is 18.2 Å². The van der Waals surface area contributed by atoms with Gasteiger partial charge in [-0.1, -0.05) is 30.3 Å². The van der Waals surface area contributed by atoms with Crippen LogP contribution in [-0.4, -0.2) is 37.8 Å². The molecule has 12 heteroatoms. The van der Waals surface area contributed by atoms with Gasteiger partial charge in [0.05, 0.1) is 18.9 Å². The zero-order valence-electron chi connectivity index (χ0n) is 15.2. The van der Waals surface area contributed by atoms with Gasteiger partial charge in [0.2, 0.25) is 9.84 Å². The largest absolute Gasteiger partial charge is 0.490 e. The van der Waals surface area contributed by atoms with E-state index in [4.69, 9.17) is 21.0 Å². The van der Waals surface area contributed by atoms with Crippen LogP contribution in [0.15, 0.2) is 62.5 Å². The van der Waals surface area contributed by atoms with E-state index in [-0.39, 0.29) is 15.6 Å². The van der Waals surface area contributed by atoms with E-state index in [2.05, 4.69) is 0 Å². The molecule has 0 aliphatic carbocycles. The summed E-state index contributed by atoms with van der Waals surface area (Å²) in [7, 11) is -3.65. The lowest BCUT2D eigenvalue weighted by atomic mass is 10.1. The molecular formula is C18H15F3N2O4S3. The predicted molar refractivity (Wildman–Crippen MR) is 110 cm³/mol. The molecule has 0 saturated carbocycles. The number of carboxylic acids is 1. The second-order valence-electron chi connectivity index (χ2n) is 5.70. The number of rotatable bonds is 4. The van der Waals surface area contributed by atoms with Crippen LogP contribution in [0, 0.1) is 5.41 Å². The molecule has 6 nitrogen and oxygen atoms in total. The highest BCUT2D eigenvalue weighted by atomic mass is 32.2. The Bertz CT molecular complexity index is 1200. The maximum atomic E-state index is 13.0. The van der Waals surface area contributed by atoms with Crippen molar-refractivity contribution in [1.29, 1.82) is 5.41 Å². The van der Waals surface area contributed by atoms with Crippen LogP contribution in [0.2, 0.25) is 0 Å². The van der Waals surface area contributed by atoms with E-state index < -0.39 is 22.0 Å². The SMILES string of the molecule is CSc1sc(C(=N)N)cc1S(=O)(=O)c1ccc2ccccc2c1.O=C(O)C(F)(F)F. The first-order valence-electron chi connectivity index (χ1n) is 7.94. The van der Waals surface area contributed by atoms with E-state index in [1.807, 2.05) is 30.5 Å². The highest BCUT2D eigenvalue weighted by Crippen LogP contribution is 2.37. The van der Waals surface area contributed by atoms with E-state index in [9.17, 15) is 21.6 Å². The summed E-state index contributed by atoms with van der Waals surface area (Å²) in [5, 5.41) is 16.5. The maximum absolute atomic E-state index is 13.0. The van der Waals surface area contributed by atoms with Crippen molar-refractivity contribution < 1.29 is 31.5 Å². The Balaban J connectivity index is 0.000000396. The summed E-state index contributed by atoms with van der Waals surface area (Å²) in [5.74, 6) is -2.88. The number of nitrogen functional groups attached to an aromatic ring is 1. The van der Waals surface area contributed by atoms with Gasteiger partial charge in [-0.15, -0.1) is 23.1 Å². The van der Waals surface area contributed by atoms with Crippen LogP contribution in [0.1, 0.15) is 4.88 Å². The lowest BCUT2D eigenvalue weighted by Crippen LogP contribution is -2.21. The van der Waals surface area contributed by atoms with Crippen molar-refractivity contribution in [1.82, 2.24) is 0 Å². The minimum Gasteiger partial charge on any atom is -0.475 e. The van der Waals surface area contributed by atoms with Gasteiger partial charge in [-0.05, 0) is 35.2 Å². The van der Waals surface area contributed by atoms with Gasteiger partial charge in [0.25, 0.3) is 0 Å². The summed E-state index contributed by atoms with van der Waals surface area (Å²) in [6.45, 7) is 0. The molecule has 0 bridgehead atoms. The number of carboxylic acid groups (broad SMARTS) is 1. The molecule has 30 heavy (non-hydrogen) atoms. The average Bonchev–Trinajstić information content (AvgIpc) is 3.13. The van der Waals surface area contributed by atoms with Crippen molar-refractivity contribution in [3.05, 3.63) is 53.4 Å². The van der Waals surface area contributed by atoms with Crippen molar-refractivity contribution in [2.75, 3.05) is 6.26 Å². The fourth-order valence-corrected chi connectivity index (χ4v) is 6.17. The number of nitrogens with one attached hydrogen (secondary N) is 1. The molecule has 3 aromatic rings. The van der Waals surface area contributed by atoms with Crippen molar-refractivity contribution in [2.24, 2.45) is 5.73 Å². The summed E-state index contributed by atoms with van der Waals surface area (Å²) in [4.78, 5) is 9.83. The van der Waals surface area contributed by atoms with Gasteiger partial charge < -0.3 is 10.8 Å². The van der Waals surface area contributed by atoms with Crippen molar-refractivity contribution in [2.45, 2.75) is 20.2 Å². The van der Waals surface area contributed by atoms with Crippen molar-refractivity contribution >= 4 is 55.5 Å². The number of fused-ring (bicyclic) bond motifs is 1. The van der Waals surface area contributed by atoms with Crippen LogP contribution in [0.4, 0.5) is 13.2 Å². The first-order valence-corrected chi connectivity index (χ1v) is 11.5. The minimum absolute atomic E-state index is 0.120. The Kier molecular flexibility index (Phi) is 7.16. The Morgan fingerprint density at radius 1 is 1.13 bits per heavy atom. The number of hydrogen-bond donors (Lipinski definition) is 3. The minimum atomic E-state index is -5.08. The zero-order valence-corrected chi connectivity index (χ0v) is 17.7. The van der Waals surface area contributed by atoms with Crippen LogP contribution < -0.4 is 5.73 Å². The van der Waals surface area contributed by atoms with Crippen LogP contribution in [0.5, 0.6) is 0 Å². The summed E-state index contributed by atoms with van der Waals surface area (Å²) in [5.41, 5.74) is 5.50. The number of aliphatic carboxylic acids is 1.